The summed E-state index contributed by atoms with van der Waals surface area (Å²) >= 11 is 2.86. The molecule has 0 aliphatic rings. The van der Waals surface area contributed by atoms with Crippen molar-refractivity contribution in [1.29, 1.82) is 10.5 Å². The van der Waals surface area contributed by atoms with E-state index in [2.05, 4.69) is 132 Å². The van der Waals surface area contributed by atoms with Crippen molar-refractivity contribution >= 4 is 108 Å². The summed E-state index contributed by atoms with van der Waals surface area (Å²) in [6.45, 7) is 30.3. The zero-order valence-electron chi connectivity index (χ0n) is 71.7. The van der Waals surface area contributed by atoms with Crippen molar-refractivity contribution in [3.63, 3.8) is 0 Å². The Balaban J connectivity index is 1.01. The van der Waals surface area contributed by atoms with E-state index < -0.39 is 18.8 Å². The lowest BCUT2D eigenvalue weighted by molar-refractivity contribution is 0.0724. The number of nitrogens with zero attached hydrogens (tertiary/aromatic N) is 10. The first kappa shape index (κ1) is 88.2. The lowest BCUT2D eigenvalue weighted by atomic mass is 9.50. The number of ether oxygens (including phenoxy) is 6. The molecular formula is C100H110B2N10O8S2. The van der Waals surface area contributed by atoms with Crippen molar-refractivity contribution in [3.05, 3.63) is 256 Å². The molecule has 0 N–H and O–H groups in total. The first-order valence-corrected chi connectivity index (χ1v) is 45.1. The first-order valence-electron chi connectivity index (χ1n) is 43.4. The third-order valence-electron chi connectivity index (χ3n) is 22.6. The number of aromatic nitrogens is 4. The van der Waals surface area contributed by atoms with Gasteiger partial charge in [0.2, 0.25) is 0 Å². The average molecular weight is 1670 g/mol. The molecule has 9 aromatic carbocycles. The number of esters is 2. The van der Waals surface area contributed by atoms with Gasteiger partial charge in [0.25, 0.3) is 7.41 Å². The van der Waals surface area contributed by atoms with E-state index in [4.69, 9.17) is 38.4 Å². The van der Waals surface area contributed by atoms with Crippen LogP contribution in [-0.2, 0) is 0 Å². The standard InChI is InChI=1S/C100H110B2N10O8S2/c1-9-107(10-2)56-30-34-60-115-81-64-74(65-82(68-81)116-61-35-31-57-108(11-3)12-4)99(113)119-79-52-48-72(49-53-79)93-91-92(95(111(93)101-76-38-20-17-21-39-76)85(70-103)97-105-87-44-26-28-46-89(87)121-97)94(112(102(77-40-22-18-23-41-77)78-42-24-19-25-43-78)96(91)86(71-104)98-106-88-45-27-29-47-90(88)122-98)73-50-54-80(55-51-73)120-100(114)75-66-83(117-62-36-32-58-109(13-5)14-6)69-84(67-75)118-63-37-33-59-110(15-7)16-8/h17-29,38-55,64-69,101H,9-16,30-37,56-63H2,1-8H3/b95-85-,96-86-. The summed E-state index contributed by atoms with van der Waals surface area (Å²) in [5, 5.41) is 28.3. The molecule has 0 aliphatic carbocycles. The Labute approximate surface area is 727 Å². The summed E-state index contributed by atoms with van der Waals surface area (Å²) in [6.07, 6.45) is 7.19. The van der Waals surface area contributed by atoms with E-state index in [1.165, 1.54) is 22.7 Å². The van der Waals surface area contributed by atoms with Crippen LogP contribution in [0.2, 0.25) is 0 Å². The number of benzene rings is 9. The molecule has 0 aliphatic heterocycles. The van der Waals surface area contributed by atoms with E-state index >= 15 is 0 Å². The monoisotopic (exact) mass is 1660 g/mol. The van der Waals surface area contributed by atoms with Gasteiger partial charge in [-0.15, -0.1) is 22.7 Å². The Morgan fingerprint density at radius 2 is 0.730 bits per heavy atom. The predicted molar refractivity (Wildman–Crippen MR) is 500 cm³/mol. The molecule has 13 rings (SSSR count). The van der Waals surface area contributed by atoms with Gasteiger partial charge in [-0.05, 0) is 238 Å². The summed E-state index contributed by atoms with van der Waals surface area (Å²) in [6, 6.07) is 77.6. The second-order valence-electron chi connectivity index (χ2n) is 30.3. The van der Waals surface area contributed by atoms with E-state index in [0.29, 0.717) is 103 Å². The topological polar surface area (TPSA) is 186 Å². The second-order valence-corrected chi connectivity index (χ2v) is 32.4. The third kappa shape index (κ3) is 22.0. The molecule has 4 heterocycles. The van der Waals surface area contributed by atoms with Crippen LogP contribution in [-0.4, -0.2) is 170 Å². The van der Waals surface area contributed by atoms with Gasteiger partial charge in [0.15, 0.2) is 0 Å². The molecule has 0 spiro atoms. The molecule has 13 aromatic rings. The van der Waals surface area contributed by atoms with E-state index in [1.54, 1.807) is 48.5 Å². The van der Waals surface area contributed by atoms with Gasteiger partial charge in [0.05, 0.1) is 68.7 Å². The third-order valence-corrected chi connectivity index (χ3v) is 24.7. The molecule has 22 heteroatoms. The zero-order valence-corrected chi connectivity index (χ0v) is 73.3. The molecular weight excluding hydrogens is 1550 g/mol. The van der Waals surface area contributed by atoms with Crippen molar-refractivity contribution in [2.45, 2.75) is 107 Å². The molecule has 122 heavy (non-hydrogen) atoms. The minimum atomic E-state index is -0.677. The molecule has 0 saturated carbocycles. The number of carbonyl (C=O) groups excluding carboxylic acids is 2. The van der Waals surface area contributed by atoms with E-state index in [1.807, 2.05) is 140 Å². The number of hydrogen-bond donors (Lipinski definition) is 0. The molecule has 0 fully saturated rings. The molecule has 0 radical (unpaired) electrons. The van der Waals surface area contributed by atoms with Crippen molar-refractivity contribution in [2.75, 3.05) is 105 Å². The maximum Gasteiger partial charge on any atom is 0.343 e. The van der Waals surface area contributed by atoms with Gasteiger partial charge in [-0.1, -0.05) is 187 Å². The summed E-state index contributed by atoms with van der Waals surface area (Å²) in [4.78, 5) is 50.2. The zero-order chi connectivity index (χ0) is 85.1. The minimum absolute atomic E-state index is 0.228. The number of nitriles is 2. The Bertz CT molecular complexity index is 5650. The van der Waals surface area contributed by atoms with Crippen molar-refractivity contribution in [3.8, 4) is 69.2 Å². The Morgan fingerprint density at radius 3 is 1.09 bits per heavy atom. The van der Waals surface area contributed by atoms with Gasteiger partial charge >= 0.3 is 18.8 Å². The summed E-state index contributed by atoms with van der Waals surface area (Å²) in [7, 11) is 0.228. The maximum absolute atomic E-state index is 15.0. The van der Waals surface area contributed by atoms with E-state index in [-0.39, 0.29) is 41.2 Å². The first-order chi connectivity index (χ1) is 59.9. The number of para-hydroxylation sites is 2. The SMILES string of the molecule is CCN(CC)CCCCOc1cc(OCCCCN(CC)CC)cc(C(=O)Oc2ccc(-c3c4/c(=C(\C#N)c5nc6ccccc6s5)n(B(c5ccccc5)c5ccccc5)c(-c5ccc(OC(=O)c6cc(OCCCCN(CC)CC)cc(OCCCCN(CC)CC)c6)cc5)c4/c(=C(\C#N)c4nc5ccccc5s4)n3Bc3ccccc3)cc2)c1. The van der Waals surface area contributed by atoms with Gasteiger partial charge in [0, 0.05) is 34.3 Å². The fraction of sp³-hybridized carbons (Fsp3) is 0.320. The second kappa shape index (κ2) is 44.3. The highest BCUT2D eigenvalue weighted by Gasteiger charge is 2.36. The fourth-order valence-corrected chi connectivity index (χ4v) is 17.8. The van der Waals surface area contributed by atoms with Crippen LogP contribution in [0.4, 0.5) is 0 Å². The highest BCUT2D eigenvalue weighted by Crippen LogP contribution is 2.40. The summed E-state index contributed by atoms with van der Waals surface area (Å²) < 4.78 is 44.8. The molecule has 0 atom stereocenters. The molecule has 0 bridgehead atoms. The molecule has 4 aromatic heterocycles. The van der Waals surface area contributed by atoms with Crippen LogP contribution >= 0.6 is 22.7 Å². The van der Waals surface area contributed by atoms with Crippen LogP contribution in [0.1, 0.15) is 137 Å². The van der Waals surface area contributed by atoms with Crippen molar-refractivity contribution in [1.82, 2.24) is 38.5 Å². The normalized spacial score (nSPS) is 12.0. The van der Waals surface area contributed by atoms with E-state index in [0.717, 1.165) is 167 Å². The van der Waals surface area contributed by atoms with Crippen LogP contribution in [0.5, 0.6) is 34.5 Å². The fourth-order valence-electron chi connectivity index (χ4n) is 15.9. The number of hydrogen-bond acceptors (Lipinski definition) is 18. The molecule has 626 valence electrons. The van der Waals surface area contributed by atoms with Gasteiger partial charge in [0.1, 0.15) is 67.8 Å². The number of carbonyl (C=O) groups is 2. The van der Waals surface area contributed by atoms with Crippen molar-refractivity contribution < 1.29 is 38.0 Å². The van der Waals surface area contributed by atoms with Gasteiger partial charge in [-0.2, -0.15) is 10.5 Å². The van der Waals surface area contributed by atoms with Crippen molar-refractivity contribution in [2.24, 2.45) is 0 Å². The predicted octanol–water partition coefficient (Wildman–Crippen LogP) is 17.1. The molecule has 0 saturated heterocycles. The Hall–Kier alpha value is -11.6. The summed E-state index contributed by atoms with van der Waals surface area (Å²) in [5.41, 5.74) is 7.89. The van der Waals surface area contributed by atoms with Crippen LogP contribution in [0, 0.1) is 22.7 Å². The number of rotatable bonds is 45. The molecule has 18 nitrogen and oxygen atoms in total. The highest BCUT2D eigenvalue weighted by atomic mass is 32.1. The van der Waals surface area contributed by atoms with E-state index in [9.17, 15) is 20.1 Å². The lowest BCUT2D eigenvalue weighted by Gasteiger charge is -2.22. The number of thiazole rings is 2. The van der Waals surface area contributed by atoms with Crippen LogP contribution in [0.25, 0.3) is 64.9 Å². The summed E-state index contributed by atoms with van der Waals surface area (Å²) in [5.74, 6) is 1.38. The average Bonchev–Trinajstić information content (AvgIpc) is 1.52. The Kier molecular flexibility index (Phi) is 32.0. The lowest BCUT2D eigenvalue weighted by Crippen LogP contribution is -2.53. The molecule has 0 unspecified atom stereocenters. The van der Waals surface area contributed by atoms with Crippen LogP contribution in [0.3, 0.4) is 0 Å². The largest absolute Gasteiger partial charge is 0.493 e. The quantitative estimate of drug-likeness (QED) is 0.0152. The van der Waals surface area contributed by atoms with Gasteiger partial charge in [-0.25, -0.2) is 19.6 Å². The minimum Gasteiger partial charge on any atom is -0.493 e. The highest BCUT2D eigenvalue weighted by molar-refractivity contribution is 7.20. The smallest absolute Gasteiger partial charge is 0.343 e. The number of fused-ring (bicyclic) bond motifs is 3. The van der Waals surface area contributed by atoms with Crippen LogP contribution in [0.15, 0.2) is 224 Å². The number of unbranched alkanes of at least 4 members (excludes halogenated alkanes) is 4. The van der Waals surface area contributed by atoms with Crippen LogP contribution < -0.4 is 55.5 Å². The molecule has 0 amide bonds. The van der Waals surface area contributed by atoms with Gasteiger partial charge in [-0.3, -0.25) is 0 Å². The maximum atomic E-state index is 15.0. The van der Waals surface area contributed by atoms with Gasteiger partial charge < -0.3 is 57.0 Å². The Morgan fingerprint density at radius 1 is 0.393 bits per heavy atom.